The molecule has 5 heteroatoms. The molecular formula is C23H26N2O3. The van der Waals surface area contributed by atoms with E-state index < -0.39 is 17.4 Å². The van der Waals surface area contributed by atoms with Crippen molar-refractivity contribution < 1.29 is 14.7 Å². The summed E-state index contributed by atoms with van der Waals surface area (Å²) in [5.74, 6) is -1.47. The van der Waals surface area contributed by atoms with E-state index in [1.54, 1.807) is 11.9 Å². The first-order chi connectivity index (χ1) is 13.5. The zero-order valence-electron chi connectivity index (χ0n) is 16.2. The molecule has 28 heavy (non-hydrogen) atoms. The molecule has 2 aliphatic heterocycles. The molecule has 0 aromatic heterocycles. The van der Waals surface area contributed by atoms with E-state index in [2.05, 4.69) is 41.3 Å². The van der Waals surface area contributed by atoms with Gasteiger partial charge in [0, 0.05) is 33.1 Å². The van der Waals surface area contributed by atoms with E-state index in [0.717, 1.165) is 19.6 Å². The van der Waals surface area contributed by atoms with Gasteiger partial charge in [-0.05, 0) is 29.5 Å². The first kappa shape index (κ1) is 18.7. The Morgan fingerprint density at radius 3 is 2.25 bits per heavy atom. The lowest BCUT2D eigenvalue weighted by atomic mass is 9.77. The molecule has 2 heterocycles. The van der Waals surface area contributed by atoms with Crippen LogP contribution in [-0.4, -0.2) is 52.5 Å². The number of carboxylic acid groups (broad SMARTS) is 1. The van der Waals surface area contributed by atoms with Crippen LogP contribution < -0.4 is 0 Å². The fourth-order valence-corrected chi connectivity index (χ4v) is 4.77. The van der Waals surface area contributed by atoms with Gasteiger partial charge in [-0.25, -0.2) is 0 Å². The second-order valence-corrected chi connectivity index (χ2v) is 7.99. The Morgan fingerprint density at radius 1 is 1.04 bits per heavy atom. The summed E-state index contributed by atoms with van der Waals surface area (Å²) in [7, 11) is 1.77. The molecule has 2 aromatic carbocycles. The average Bonchev–Trinajstić information content (AvgIpc) is 2.96. The van der Waals surface area contributed by atoms with Crippen molar-refractivity contribution in [2.24, 2.45) is 5.92 Å². The zero-order chi connectivity index (χ0) is 19.7. The molecule has 4 rings (SSSR count). The van der Waals surface area contributed by atoms with Crippen LogP contribution in [0, 0.1) is 5.92 Å². The van der Waals surface area contributed by atoms with E-state index in [0.29, 0.717) is 12.8 Å². The molecule has 2 saturated heterocycles. The van der Waals surface area contributed by atoms with Crippen LogP contribution in [0.1, 0.15) is 24.8 Å². The van der Waals surface area contributed by atoms with E-state index in [1.807, 2.05) is 18.2 Å². The van der Waals surface area contributed by atoms with Gasteiger partial charge in [0.2, 0.25) is 5.91 Å². The summed E-state index contributed by atoms with van der Waals surface area (Å²) in [5.41, 5.74) is 3.15. The molecule has 0 bridgehead atoms. The Morgan fingerprint density at radius 2 is 1.64 bits per heavy atom. The predicted octanol–water partition coefficient (Wildman–Crippen LogP) is 3.25. The lowest BCUT2D eigenvalue weighted by Crippen LogP contribution is -2.55. The van der Waals surface area contributed by atoms with E-state index in [9.17, 15) is 14.7 Å². The molecular weight excluding hydrogens is 352 g/mol. The van der Waals surface area contributed by atoms with Crippen LogP contribution >= 0.6 is 0 Å². The minimum Gasteiger partial charge on any atom is -0.481 e. The molecule has 1 atom stereocenters. The number of hydrogen-bond acceptors (Lipinski definition) is 3. The van der Waals surface area contributed by atoms with Crippen molar-refractivity contribution in [3.05, 3.63) is 60.2 Å². The number of amides is 1. The standard InChI is InChI=1S/C23H26N2O3/c1-24-21(26)15-20(22(27)28)23(24)11-13-25(14-12-23)16-17-7-9-19(10-8-17)18-5-3-2-4-6-18/h2-10,20H,11-16H2,1H3,(H,27,28)/t20-/m0/s1. The second kappa shape index (κ2) is 7.40. The third kappa shape index (κ3) is 3.31. The van der Waals surface area contributed by atoms with Gasteiger partial charge in [-0.1, -0.05) is 54.6 Å². The number of piperidine rings is 1. The van der Waals surface area contributed by atoms with Crippen LogP contribution in [0.15, 0.2) is 54.6 Å². The summed E-state index contributed by atoms with van der Waals surface area (Å²) < 4.78 is 0. The summed E-state index contributed by atoms with van der Waals surface area (Å²) in [6, 6.07) is 19.0. The summed E-state index contributed by atoms with van der Waals surface area (Å²) >= 11 is 0. The molecule has 2 fully saturated rings. The van der Waals surface area contributed by atoms with Crippen LogP contribution in [-0.2, 0) is 16.1 Å². The van der Waals surface area contributed by atoms with E-state index in [1.165, 1.54) is 16.7 Å². The number of carbonyl (C=O) groups is 2. The minimum absolute atomic E-state index is 0.0441. The van der Waals surface area contributed by atoms with Gasteiger partial charge in [-0.15, -0.1) is 0 Å². The van der Waals surface area contributed by atoms with Crippen molar-refractivity contribution >= 4 is 11.9 Å². The molecule has 1 spiro atoms. The van der Waals surface area contributed by atoms with Gasteiger partial charge in [0.05, 0.1) is 11.5 Å². The van der Waals surface area contributed by atoms with Crippen molar-refractivity contribution in [2.45, 2.75) is 31.3 Å². The number of hydrogen-bond donors (Lipinski definition) is 1. The second-order valence-electron chi connectivity index (χ2n) is 7.99. The smallest absolute Gasteiger partial charge is 0.309 e. The Labute approximate surface area is 165 Å². The SMILES string of the molecule is CN1C(=O)C[C@@H](C(=O)O)C12CCN(Cc1ccc(-c3ccccc3)cc1)CC2. The fourth-order valence-electron chi connectivity index (χ4n) is 4.77. The highest BCUT2D eigenvalue weighted by atomic mass is 16.4. The maximum absolute atomic E-state index is 12.1. The highest BCUT2D eigenvalue weighted by molar-refractivity contribution is 5.88. The van der Waals surface area contributed by atoms with Crippen molar-refractivity contribution in [1.82, 2.24) is 9.80 Å². The molecule has 146 valence electrons. The highest BCUT2D eigenvalue weighted by Gasteiger charge is 2.55. The van der Waals surface area contributed by atoms with Gasteiger partial charge < -0.3 is 10.0 Å². The normalized spacial score (nSPS) is 22.0. The van der Waals surface area contributed by atoms with Crippen molar-refractivity contribution in [2.75, 3.05) is 20.1 Å². The maximum atomic E-state index is 12.1. The number of rotatable bonds is 4. The van der Waals surface area contributed by atoms with Gasteiger partial charge in [0.1, 0.15) is 0 Å². The average molecular weight is 378 g/mol. The van der Waals surface area contributed by atoms with Crippen LogP contribution in [0.2, 0.25) is 0 Å². The number of carboxylic acids is 1. The Balaban J connectivity index is 1.41. The largest absolute Gasteiger partial charge is 0.481 e. The summed E-state index contributed by atoms with van der Waals surface area (Å²) in [5, 5.41) is 9.59. The van der Waals surface area contributed by atoms with E-state index in [-0.39, 0.29) is 12.3 Å². The first-order valence-electron chi connectivity index (χ1n) is 9.86. The predicted molar refractivity (Wildman–Crippen MR) is 108 cm³/mol. The van der Waals surface area contributed by atoms with Crippen molar-refractivity contribution in [3.8, 4) is 11.1 Å². The number of carbonyl (C=O) groups excluding carboxylic acids is 1. The quantitative estimate of drug-likeness (QED) is 0.887. The highest BCUT2D eigenvalue weighted by Crippen LogP contribution is 2.43. The number of aliphatic carboxylic acids is 1. The molecule has 0 radical (unpaired) electrons. The fraction of sp³-hybridized carbons (Fsp3) is 0.391. The Kier molecular flexibility index (Phi) is 4.94. The summed E-state index contributed by atoms with van der Waals surface area (Å²) in [6.07, 6.45) is 1.56. The number of likely N-dealkylation sites (tertiary alicyclic amines) is 2. The molecule has 2 aliphatic rings. The van der Waals surface area contributed by atoms with Crippen LogP contribution in [0.3, 0.4) is 0 Å². The molecule has 2 aromatic rings. The van der Waals surface area contributed by atoms with Crippen molar-refractivity contribution in [1.29, 1.82) is 0 Å². The minimum atomic E-state index is -0.845. The maximum Gasteiger partial charge on any atom is 0.309 e. The molecule has 0 aliphatic carbocycles. The Hall–Kier alpha value is -2.66. The molecule has 1 N–H and O–H groups in total. The molecule has 0 unspecified atom stereocenters. The third-order valence-electron chi connectivity index (χ3n) is 6.56. The summed E-state index contributed by atoms with van der Waals surface area (Å²) in [6.45, 7) is 2.46. The Bertz CT molecular complexity index is 855. The van der Waals surface area contributed by atoms with E-state index >= 15 is 0 Å². The van der Waals surface area contributed by atoms with Gasteiger partial charge in [-0.3, -0.25) is 14.5 Å². The first-order valence-corrected chi connectivity index (χ1v) is 9.86. The van der Waals surface area contributed by atoms with Gasteiger partial charge >= 0.3 is 5.97 Å². The molecule has 1 amide bonds. The van der Waals surface area contributed by atoms with Crippen LogP contribution in [0.5, 0.6) is 0 Å². The van der Waals surface area contributed by atoms with Crippen molar-refractivity contribution in [3.63, 3.8) is 0 Å². The lowest BCUT2D eigenvalue weighted by molar-refractivity contribution is -0.146. The zero-order valence-corrected chi connectivity index (χ0v) is 16.2. The lowest BCUT2D eigenvalue weighted by Gasteiger charge is -2.45. The topological polar surface area (TPSA) is 60.9 Å². The van der Waals surface area contributed by atoms with Gasteiger partial charge in [0.15, 0.2) is 0 Å². The van der Waals surface area contributed by atoms with E-state index in [4.69, 9.17) is 0 Å². The molecule has 0 saturated carbocycles. The van der Waals surface area contributed by atoms with Gasteiger partial charge in [0.25, 0.3) is 0 Å². The van der Waals surface area contributed by atoms with Crippen LogP contribution in [0.25, 0.3) is 11.1 Å². The summed E-state index contributed by atoms with van der Waals surface area (Å²) in [4.78, 5) is 27.9. The number of nitrogens with zero attached hydrogens (tertiary/aromatic N) is 2. The molecule has 5 nitrogen and oxygen atoms in total. The van der Waals surface area contributed by atoms with Crippen LogP contribution in [0.4, 0.5) is 0 Å². The monoisotopic (exact) mass is 378 g/mol. The third-order valence-corrected chi connectivity index (χ3v) is 6.56. The van der Waals surface area contributed by atoms with Gasteiger partial charge in [-0.2, -0.15) is 0 Å². The number of benzene rings is 2.